The molecule has 0 radical (unpaired) electrons. The van der Waals surface area contributed by atoms with Gasteiger partial charge < -0.3 is 10.4 Å². The van der Waals surface area contributed by atoms with Gasteiger partial charge in [0.25, 0.3) is 0 Å². The third kappa shape index (κ3) is 3.49. The Morgan fingerprint density at radius 1 is 1.39 bits per heavy atom. The molecule has 98 valence electrons. The minimum absolute atomic E-state index is 0.0930. The van der Waals surface area contributed by atoms with E-state index < -0.39 is 5.97 Å². The largest absolute Gasteiger partial charge is 0.481 e. The first kappa shape index (κ1) is 12.9. The van der Waals surface area contributed by atoms with Crippen molar-refractivity contribution >= 4 is 11.7 Å². The molecule has 0 aromatic heterocycles. The molecule has 0 amide bonds. The van der Waals surface area contributed by atoms with Crippen LogP contribution in [-0.2, 0) is 11.2 Å². The molecule has 2 unspecified atom stereocenters. The number of anilines is 1. The van der Waals surface area contributed by atoms with Gasteiger partial charge in [0.05, 0.1) is 6.42 Å². The Bertz CT molecular complexity index is 417. The smallest absolute Gasteiger partial charge is 0.307 e. The highest BCUT2D eigenvalue weighted by molar-refractivity contribution is 5.70. The van der Waals surface area contributed by atoms with Crippen LogP contribution in [0, 0.1) is 5.92 Å². The second-order valence-electron chi connectivity index (χ2n) is 5.28. The predicted molar refractivity (Wildman–Crippen MR) is 72.8 cm³/mol. The number of carboxylic acids is 1. The number of aliphatic carboxylic acids is 1. The van der Waals surface area contributed by atoms with Crippen molar-refractivity contribution in [2.75, 3.05) is 5.32 Å². The van der Waals surface area contributed by atoms with Crippen molar-refractivity contribution in [3.8, 4) is 0 Å². The minimum atomic E-state index is -0.779. The van der Waals surface area contributed by atoms with Crippen molar-refractivity contribution in [1.29, 1.82) is 0 Å². The lowest BCUT2D eigenvalue weighted by Crippen LogP contribution is -2.30. The van der Waals surface area contributed by atoms with Crippen LogP contribution in [0.3, 0.4) is 0 Å². The van der Waals surface area contributed by atoms with Crippen molar-refractivity contribution < 1.29 is 9.90 Å². The van der Waals surface area contributed by atoms with E-state index in [1.807, 2.05) is 24.3 Å². The standard InChI is InChI=1S/C15H21NO2/c1-11-5-2-3-8-14(11)16-13-7-4-6-12(9-13)10-15(17)18/h4,6-7,9,11,14,16H,2-3,5,8,10H2,1H3,(H,17,18). The van der Waals surface area contributed by atoms with E-state index >= 15 is 0 Å². The fourth-order valence-corrected chi connectivity index (χ4v) is 2.69. The molecule has 0 bridgehead atoms. The molecule has 1 aliphatic carbocycles. The molecule has 3 nitrogen and oxygen atoms in total. The first-order valence-corrected chi connectivity index (χ1v) is 6.72. The Hall–Kier alpha value is -1.51. The highest BCUT2D eigenvalue weighted by atomic mass is 16.4. The van der Waals surface area contributed by atoms with E-state index in [1.54, 1.807) is 0 Å². The molecular formula is C15H21NO2. The van der Waals surface area contributed by atoms with Gasteiger partial charge in [0.1, 0.15) is 0 Å². The van der Waals surface area contributed by atoms with Crippen molar-refractivity contribution in [1.82, 2.24) is 0 Å². The van der Waals surface area contributed by atoms with Gasteiger partial charge in [0.15, 0.2) is 0 Å². The molecule has 1 aromatic rings. The first-order valence-electron chi connectivity index (χ1n) is 6.72. The quantitative estimate of drug-likeness (QED) is 0.858. The van der Waals surface area contributed by atoms with Gasteiger partial charge in [-0.25, -0.2) is 0 Å². The Morgan fingerprint density at radius 3 is 2.89 bits per heavy atom. The molecule has 0 aliphatic heterocycles. The molecule has 1 saturated carbocycles. The second kappa shape index (κ2) is 5.89. The van der Waals surface area contributed by atoms with Gasteiger partial charge in [-0.3, -0.25) is 4.79 Å². The molecular weight excluding hydrogens is 226 g/mol. The number of rotatable bonds is 4. The Balaban J connectivity index is 2.02. The summed E-state index contributed by atoms with van der Waals surface area (Å²) in [4.78, 5) is 10.7. The van der Waals surface area contributed by atoms with Crippen LogP contribution in [-0.4, -0.2) is 17.1 Å². The zero-order valence-electron chi connectivity index (χ0n) is 10.9. The third-order valence-electron chi connectivity index (χ3n) is 3.75. The molecule has 0 saturated heterocycles. The van der Waals surface area contributed by atoms with Crippen molar-refractivity contribution in [2.45, 2.75) is 45.1 Å². The molecule has 18 heavy (non-hydrogen) atoms. The van der Waals surface area contributed by atoms with Gasteiger partial charge in [-0.2, -0.15) is 0 Å². The van der Waals surface area contributed by atoms with E-state index in [0.717, 1.165) is 11.3 Å². The molecule has 2 atom stereocenters. The average molecular weight is 247 g/mol. The number of nitrogens with one attached hydrogen (secondary N) is 1. The van der Waals surface area contributed by atoms with Crippen LogP contribution in [0.15, 0.2) is 24.3 Å². The number of hydrogen-bond acceptors (Lipinski definition) is 2. The van der Waals surface area contributed by atoms with Crippen LogP contribution in [0.1, 0.15) is 38.2 Å². The fraction of sp³-hybridized carbons (Fsp3) is 0.533. The third-order valence-corrected chi connectivity index (χ3v) is 3.75. The molecule has 0 heterocycles. The summed E-state index contributed by atoms with van der Waals surface area (Å²) in [5.74, 6) is -0.0833. The lowest BCUT2D eigenvalue weighted by molar-refractivity contribution is -0.136. The molecule has 0 spiro atoms. The second-order valence-corrected chi connectivity index (χ2v) is 5.28. The maximum atomic E-state index is 10.7. The summed E-state index contributed by atoms with van der Waals surface area (Å²) >= 11 is 0. The molecule has 2 rings (SSSR count). The van der Waals surface area contributed by atoms with Gasteiger partial charge in [-0.05, 0) is 36.5 Å². The van der Waals surface area contributed by atoms with Crippen molar-refractivity contribution in [3.05, 3.63) is 29.8 Å². The summed E-state index contributed by atoms with van der Waals surface area (Å²) in [5, 5.41) is 12.4. The van der Waals surface area contributed by atoms with E-state index in [1.165, 1.54) is 25.7 Å². The maximum Gasteiger partial charge on any atom is 0.307 e. The summed E-state index contributed by atoms with van der Waals surface area (Å²) in [6.45, 7) is 2.29. The fourth-order valence-electron chi connectivity index (χ4n) is 2.69. The minimum Gasteiger partial charge on any atom is -0.481 e. The molecule has 3 heteroatoms. The van der Waals surface area contributed by atoms with Crippen LogP contribution >= 0.6 is 0 Å². The normalized spacial score (nSPS) is 23.6. The van der Waals surface area contributed by atoms with Crippen LogP contribution in [0.4, 0.5) is 5.69 Å². The predicted octanol–water partition coefficient (Wildman–Crippen LogP) is 3.30. The first-order chi connectivity index (χ1) is 8.65. The SMILES string of the molecule is CC1CCCCC1Nc1cccc(CC(=O)O)c1. The van der Waals surface area contributed by atoms with Crippen molar-refractivity contribution in [3.63, 3.8) is 0 Å². The Morgan fingerprint density at radius 2 is 2.17 bits per heavy atom. The van der Waals surface area contributed by atoms with Gasteiger partial charge in [0, 0.05) is 11.7 Å². The number of carbonyl (C=O) groups is 1. The monoisotopic (exact) mass is 247 g/mol. The van der Waals surface area contributed by atoms with E-state index in [2.05, 4.69) is 12.2 Å². The van der Waals surface area contributed by atoms with Crippen LogP contribution in [0.5, 0.6) is 0 Å². The number of hydrogen-bond donors (Lipinski definition) is 2. The zero-order valence-corrected chi connectivity index (χ0v) is 10.9. The lowest BCUT2D eigenvalue weighted by Gasteiger charge is -2.30. The summed E-state index contributed by atoms with van der Waals surface area (Å²) in [7, 11) is 0. The highest BCUT2D eigenvalue weighted by Gasteiger charge is 2.20. The molecule has 1 aromatic carbocycles. The van der Waals surface area contributed by atoms with E-state index in [0.29, 0.717) is 12.0 Å². The summed E-state index contributed by atoms with van der Waals surface area (Å²) < 4.78 is 0. The van der Waals surface area contributed by atoms with Gasteiger partial charge in [-0.15, -0.1) is 0 Å². The van der Waals surface area contributed by atoms with Gasteiger partial charge in [0.2, 0.25) is 0 Å². The average Bonchev–Trinajstić information content (AvgIpc) is 2.32. The molecule has 1 fully saturated rings. The Labute approximate surface area is 108 Å². The lowest BCUT2D eigenvalue weighted by atomic mass is 9.86. The van der Waals surface area contributed by atoms with Crippen LogP contribution in [0.2, 0.25) is 0 Å². The number of benzene rings is 1. The van der Waals surface area contributed by atoms with Crippen LogP contribution in [0.25, 0.3) is 0 Å². The van der Waals surface area contributed by atoms with Gasteiger partial charge >= 0.3 is 5.97 Å². The van der Waals surface area contributed by atoms with Gasteiger partial charge in [-0.1, -0.05) is 31.9 Å². The molecule has 1 aliphatic rings. The summed E-state index contributed by atoms with van der Waals surface area (Å²) in [6, 6.07) is 8.29. The van der Waals surface area contributed by atoms with Crippen molar-refractivity contribution in [2.24, 2.45) is 5.92 Å². The topological polar surface area (TPSA) is 49.3 Å². The Kier molecular flexibility index (Phi) is 4.24. The maximum absolute atomic E-state index is 10.7. The van der Waals surface area contributed by atoms with E-state index in [9.17, 15) is 4.79 Å². The summed E-state index contributed by atoms with van der Waals surface area (Å²) in [5.41, 5.74) is 1.91. The highest BCUT2D eigenvalue weighted by Crippen LogP contribution is 2.27. The zero-order chi connectivity index (χ0) is 13.0. The molecule has 2 N–H and O–H groups in total. The van der Waals surface area contributed by atoms with Crippen LogP contribution < -0.4 is 5.32 Å². The number of carboxylic acid groups (broad SMARTS) is 1. The van der Waals surface area contributed by atoms with E-state index in [4.69, 9.17) is 5.11 Å². The summed E-state index contributed by atoms with van der Waals surface area (Å²) in [6.07, 6.45) is 5.21. The van der Waals surface area contributed by atoms with E-state index in [-0.39, 0.29) is 6.42 Å².